The fraction of sp³-hybridized carbons (Fsp3) is 0.263. The lowest BCUT2D eigenvalue weighted by Crippen LogP contribution is -2.43. The third-order valence-electron chi connectivity index (χ3n) is 4.49. The van der Waals surface area contributed by atoms with Crippen LogP contribution in [0, 0.1) is 5.82 Å². The lowest BCUT2D eigenvalue weighted by molar-refractivity contribution is -0.117. The monoisotopic (exact) mass is 371 g/mol. The predicted octanol–water partition coefficient (Wildman–Crippen LogP) is 2.16. The summed E-state index contributed by atoms with van der Waals surface area (Å²) in [5.41, 5.74) is 1.50. The molecular weight excluding hydrogens is 353 g/mol. The highest BCUT2D eigenvalue weighted by atomic mass is 19.1. The molecule has 2 heterocycles. The highest BCUT2D eigenvalue weighted by molar-refractivity contribution is 5.96. The molecule has 2 aliphatic rings. The lowest BCUT2D eigenvalue weighted by Gasteiger charge is -2.17. The lowest BCUT2D eigenvalue weighted by atomic mass is 10.2. The Balaban J connectivity index is 1.29. The summed E-state index contributed by atoms with van der Waals surface area (Å²) in [5.74, 6) is 0.880. The molecule has 2 aliphatic heterocycles. The van der Waals surface area contributed by atoms with Crippen LogP contribution >= 0.6 is 0 Å². The SMILES string of the molecule is O=C(NCc1ccc2c(c1)OCO2)N[C@@H]1CC(=O)N(c2ccc(F)cc2)C1. The van der Waals surface area contributed by atoms with E-state index in [2.05, 4.69) is 10.6 Å². The number of carbonyl (C=O) groups is 2. The van der Waals surface area contributed by atoms with Gasteiger partial charge in [0.25, 0.3) is 0 Å². The van der Waals surface area contributed by atoms with Gasteiger partial charge in [0.15, 0.2) is 11.5 Å². The van der Waals surface area contributed by atoms with Crippen LogP contribution in [0.4, 0.5) is 14.9 Å². The van der Waals surface area contributed by atoms with Crippen molar-refractivity contribution in [2.75, 3.05) is 18.2 Å². The number of nitrogens with zero attached hydrogens (tertiary/aromatic N) is 1. The molecule has 0 spiro atoms. The van der Waals surface area contributed by atoms with Crippen LogP contribution in [0.15, 0.2) is 42.5 Å². The first kappa shape index (κ1) is 17.1. The average Bonchev–Trinajstić information content (AvgIpc) is 3.26. The zero-order chi connectivity index (χ0) is 18.8. The minimum atomic E-state index is -0.358. The van der Waals surface area contributed by atoms with Crippen molar-refractivity contribution in [3.05, 3.63) is 53.8 Å². The molecule has 0 unspecified atom stereocenters. The second-order valence-corrected chi connectivity index (χ2v) is 6.40. The molecule has 1 fully saturated rings. The number of anilines is 1. The van der Waals surface area contributed by atoms with Crippen molar-refractivity contribution in [3.8, 4) is 11.5 Å². The van der Waals surface area contributed by atoms with E-state index in [0.717, 1.165) is 5.56 Å². The number of ether oxygens (including phenoxy) is 2. The molecular formula is C19H18FN3O4. The molecule has 2 aromatic carbocycles. The van der Waals surface area contributed by atoms with Gasteiger partial charge in [0.05, 0.1) is 6.04 Å². The van der Waals surface area contributed by atoms with E-state index in [1.54, 1.807) is 23.1 Å². The van der Waals surface area contributed by atoms with Gasteiger partial charge in [-0.15, -0.1) is 0 Å². The Bertz CT molecular complexity index is 872. The summed E-state index contributed by atoms with van der Waals surface area (Å²) in [5, 5.41) is 5.57. The topological polar surface area (TPSA) is 79.9 Å². The van der Waals surface area contributed by atoms with Gasteiger partial charge in [0.1, 0.15) is 5.82 Å². The number of halogens is 1. The summed E-state index contributed by atoms with van der Waals surface area (Å²) in [4.78, 5) is 25.9. The first-order chi connectivity index (χ1) is 13.1. The summed E-state index contributed by atoms with van der Waals surface area (Å²) in [6.07, 6.45) is 0.203. The van der Waals surface area contributed by atoms with Crippen LogP contribution in [0.5, 0.6) is 11.5 Å². The van der Waals surface area contributed by atoms with Gasteiger partial charge in [0, 0.05) is 25.2 Å². The number of amides is 3. The Morgan fingerprint density at radius 2 is 1.93 bits per heavy atom. The fourth-order valence-corrected chi connectivity index (χ4v) is 3.14. The maximum Gasteiger partial charge on any atom is 0.315 e. The molecule has 1 saturated heterocycles. The number of rotatable bonds is 4. The molecule has 3 amide bonds. The van der Waals surface area contributed by atoms with E-state index in [9.17, 15) is 14.0 Å². The van der Waals surface area contributed by atoms with Crippen LogP contribution < -0.4 is 25.0 Å². The van der Waals surface area contributed by atoms with E-state index < -0.39 is 0 Å². The summed E-state index contributed by atoms with van der Waals surface area (Å²) < 4.78 is 23.6. The smallest absolute Gasteiger partial charge is 0.315 e. The van der Waals surface area contributed by atoms with Crippen LogP contribution in [-0.2, 0) is 11.3 Å². The van der Waals surface area contributed by atoms with Gasteiger partial charge in [-0.05, 0) is 42.0 Å². The fourth-order valence-electron chi connectivity index (χ4n) is 3.14. The third-order valence-corrected chi connectivity index (χ3v) is 4.49. The first-order valence-electron chi connectivity index (χ1n) is 8.57. The third kappa shape index (κ3) is 3.79. The molecule has 140 valence electrons. The van der Waals surface area contributed by atoms with Gasteiger partial charge in [-0.25, -0.2) is 9.18 Å². The Morgan fingerprint density at radius 1 is 1.15 bits per heavy atom. The van der Waals surface area contributed by atoms with Crippen molar-refractivity contribution in [1.82, 2.24) is 10.6 Å². The zero-order valence-electron chi connectivity index (χ0n) is 14.4. The number of fused-ring (bicyclic) bond motifs is 1. The van der Waals surface area contributed by atoms with Gasteiger partial charge in [0.2, 0.25) is 12.7 Å². The highest BCUT2D eigenvalue weighted by Crippen LogP contribution is 2.32. The summed E-state index contributed by atoms with van der Waals surface area (Å²) >= 11 is 0. The Labute approximate surface area is 155 Å². The van der Waals surface area contributed by atoms with Crippen LogP contribution in [0.3, 0.4) is 0 Å². The standard InChI is InChI=1S/C19H18FN3O4/c20-13-2-4-15(5-3-13)23-10-14(8-18(23)24)22-19(25)21-9-12-1-6-16-17(7-12)27-11-26-16/h1-7,14H,8-11H2,(H2,21,22,25)/t14-/m1/s1. The van der Waals surface area contributed by atoms with Crippen molar-refractivity contribution < 1.29 is 23.5 Å². The molecule has 4 rings (SSSR count). The normalized spacial score (nSPS) is 17.9. The largest absolute Gasteiger partial charge is 0.454 e. The predicted molar refractivity (Wildman–Crippen MR) is 95.1 cm³/mol. The molecule has 2 N–H and O–H groups in total. The van der Waals surface area contributed by atoms with Crippen molar-refractivity contribution in [3.63, 3.8) is 0 Å². The van der Waals surface area contributed by atoms with Crippen molar-refractivity contribution >= 4 is 17.6 Å². The molecule has 2 aromatic rings. The second kappa shape index (κ2) is 7.14. The molecule has 8 heteroatoms. The Morgan fingerprint density at radius 3 is 2.74 bits per heavy atom. The van der Waals surface area contributed by atoms with E-state index in [4.69, 9.17) is 9.47 Å². The second-order valence-electron chi connectivity index (χ2n) is 6.40. The van der Waals surface area contributed by atoms with E-state index >= 15 is 0 Å². The van der Waals surface area contributed by atoms with Crippen LogP contribution in [-0.4, -0.2) is 31.3 Å². The maximum absolute atomic E-state index is 13.0. The molecule has 0 saturated carbocycles. The minimum absolute atomic E-state index is 0.109. The van der Waals surface area contributed by atoms with Crippen molar-refractivity contribution in [1.29, 1.82) is 0 Å². The Hall–Kier alpha value is -3.29. The molecule has 27 heavy (non-hydrogen) atoms. The van der Waals surface area contributed by atoms with Gasteiger partial charge in [-0.3, -0.25) is 4.79 Å². The molecule has 0 aliphatic carbocycles. The van der Waals surface area contributed by atoms with Gasteiger partial charge in [-0.2, -0.15) is 0 Å². The van der Waals surface area contributed by atoms with Crippen molar-refractivity contribution in [2.24, 2.45) is 0 Å². The summed E-state index contributed by atoms with van der Waals surface area (Å²) in [6.45, 7) is 0.875. The molecule has 0 bridgehead atoms. The van der Waals surface area contributed by atoms with E-state index in [1.165, 1.54) is 12.1 Å². The van der Waals surface area contributed by atoms with Crippen LogP contribution in [0.2, 0.25) is 0 Å². The van der Waals surface area contributed by atoms with E-state index in [0.29, 0.717) is 30.3 Å². The number of carbonyl (C=O) groups excluding carboxylic acids is 2. The maximum atomic E-state index is 13.0. The van der Waals surface area contributed by atoms with Gasteiger partial charge in [-0.1, -0.05) is 6.07 Å². The van der Waals surface area contributed by atoms with Crippen LogP contribution in [0.25, 0.3) is 0 Å². The van der Waals surface area contributed by atoms with Crippen molar-refractivity contribution in [2.45, 2.75) is 19.0 Å². The quantitative estimate of drug-likeness (QED) is 0.863. The van der Waals surface area contributed by atoms with E-state index in [-0.39, 0.29) is 37.0 Å². The van der Waals surface area contributed by atoms with Gasteiger partial charge < -0.3 is 25.0 Å². The summed E-state index contributed by atoms with van der Waals surface area (Å²) in [7, 11) is 0. The molecule has 0 aromatic heterocycles. The summed E-state index contributed by atoms with van der Waals surface area (Å²) in [6, 6.07) is 10.5. The first-order valence-corrected chi connectivity index (χ1v) is 8.57. The number of benzene rings is 2. The van der Waals surface area contributed by atoms with Crippen LogP contribution in [0.1, 0.15) is 12.0 Å². The zero-order valence-corrected chi connectivity index (χ0v) is 14.4. The van der Waals surface area contributed by atoms with Gasteiger partial charge >= 0.3 is 6.03 Å². The number of nitrogens with one attached hydrogen (secondary N) is 2. The number of hydrogen-bond donors (Lipinski definition) is 2. The number of urea groups is 1. The Kier molecular flexibility index (Phi) is 4.53. The van der Waals surface area contributed by atoms with E-state index in [1.807, 2.05) is 12.1 Å². The molecule has 1 atom stereocenters. The minimum Gasteiger partial charge on any atom is -0.454 e. The average molecular weight is 371 g/mol. The molecule has 7 nitrogen and oxygen atoms in total. The number of hydrogen-bond acceptors (Lipinski definition) is 4. The molecule has 0 radical (unpaired) electrons. The highest BCUT2D eigenvalue weighted by Gasteiger charge is 2.31.